The lowest BCUT2D eigenvalue weighted by molar-refractivity contribution is -0.118. The molecule has 1 aliphatic heterocycles. The van der Waals surface area contributed by atoms with E-state index in [-0.39, 0.29) is 12.5 Å². The Balaban J connectivity index is 1.93. The van der Waals surface area contributed by atoms with Crippen LogP contribution >= 0.6 is 0 Å². The number of hydrogen-bond acceptors (Lipinski definition) is 3. The fourth-order valence-corrected chi connectivity index (χ4v) is 2.50. The van der Waals surface area contributed by atoms with E-state index in [1.165, 1.54) is 0 Å². The van der Waals surface area contributed by atoms with Gasteiger partial charge < -0.3 is 14.8 Å². The van der Waals surface area contributed by atoms with Crippen LogP contribution in [0.5, 0.6) is 11.5 Å². The summed E-state index contributed by atoms with van der Waals surface area (Å²) in [6.45, 7) is 2.04. The smallest absolute Gasteiger partial charge is 0.262 e. The van der Waals surface area contributed by atoms with Gasteiger partial charge in [0.1, 0.15) is 11.5 Å². The van der Waals surface area contributed by atoms with Gasteiger partial charge in [-0.15, -0.1) is 0 Å². The summed E-state index contributed by atoms with van der Waals surface area (Å²) in [4.78, 5) is 11.4. The van der Waals surface area contributed by atoms with Crippen LogP contribution in [0.25, 0.3) is 12.2 Å². The monoisotopic (exact) mass is 295 g/mol. The molecule has 4 heteroatoms. The van der Waals surface area contributed by atoms with Gasteiger partial charge in [-0.05, 0) is 36.2 Å². The molecule has 0 radical (unpaired) electrons. The molecule has 0 fully saturated rings. The molecule has 2 aromatic carbocycles. The van der Waals surface area contributed by atoms with E-state index in [1.54, 1.807) is 7.11 Å². The lowest BCUT2D eigenvalue weighted by Gasteiger charge is -2.20. The summed E-state index contributed by atoms with van der Waals surface area (Å²) in [7, 11) is 1.66. The van der Waals surface area contributed by atoms with Crippen LogP contribution in [0.15, 0.2) is 36.4 Å². The van der Waals surface area contributed by atoms with E-state index in [4.69, 9.17) is 9.47 Å². The maximum atomic E-state index is 11.4. The summed E-state index contributed by atoms with van der Waals surface area (Å²) in [5, 5.41) is 2.84. The zero-order valence-electron chi connectivity index (χ0n) is 12.6. The van der Waals surface area contributed by atoms with Crippen LogP contribution in [0, 0.1) is 6.92 Å². The number of carbonyl (C=O) groups is 1. The second-order valence-corrected chi connectivity index (χ2v) is 5.13. The number of benzene rings is 2. The Morgan fingerprint density at radius 2 is 2.05 bits per heavy atom. The minimum atomic E-state index is -0.127. The highest BCUT2D eigenvalue weighted by molar-refractivity contribution is 5.96. The predicted octanol–water partition coefficient (Wildman–Crippen LogP) is 3.50. The summed E-state index contributed by atoms with van der Waals surface area (Å²) in [6, 6.07) is 11.8. The predicted molar refractivity (Wildman–Crippen MR) is 87.2 cm³/mol. The molecule has 1 amide bonds. The standard InChI is InChI=1S/C18H17NO3/c1-12-9-13(10-15-18(12)22-11-17(20)19-15)7-8-14-5-3-4-6-16(14)21-2/h3-10H,11H2,1-2H3,(H,19,20)/b8-7+. The summed E-state index contributed by atoms with van der Waals surface area (Å²) in [6.07, 6.45) is 3.98. The van der Waals surface area contributed by atoms with E-state index in [2.05, 4.69) is 5.32 Å². The largest absolute Gasteiger partial charge is 0.496 e. The van der Waals surface area contributed by atoms with Gasteiger partial charge in [0.25, 0.3) is 5.91 Å². The number of amides is 1. The first kappa shape index (κ1) is 14.2. The van der Waals surface area contributed by atoms with Crippen LogP contribution in [0.2, 0.25) is 0 Å². The van der Waals surface area contributed by atoms with Crippen molar-refractivity contribution in [3.8, 4) is 11.5 Å². The number of rotatable bonds is 3. The van der Waals surface area contributed by atoms with E-state index in [9.17, 15) is 4.79 Å². The van der Waals surface area contributed by atoms with Crippen molar-refractivity contribution in [2.75, 3.05) is 19.0 Å². The van der Waals surface area contributed by atoms with Crippen LogP contribution in [0.1, 0.15) is 16.7 Å². The molecule has 0 spiro atoms. The van der Waals surface area contributed by atoms with E-state index < -0.39 is 0 Å². The average molecular weight is 295 g/mol. The molecule has 4 nitrogen and oxygen atoms in total. The van der Waals surface area contributed by atoms with Gasteiger partial charge in [-0.1, -0.05) is 30.4 Å². The van der Waals surface area contributed by atoms with E-state index in [1.807, 2.05) is 55.5 Å². The first-order chi connectivity index (χ1) is 10.7. The first-order valence-electron chi connectivity index (χ1n) is 7.06. The highest BCUT2D eigenvalue weighted by Gasteiger charge is 2.18. The number of aryl methyl sites for hydroxylation is 1. The molecule has 1 aliphatic rings. The van der Waals surface area contributed by atoms with Crippen molar-refractivity contribution in [1.29, 1.82) is 0 Å². The lowest BCUT2D eigenvalue weighted by Crippen LogP contribution is -2.25. The van der Waals surface area contributed by atoms with Gasteiger partial charge in [-0.25, -0.2) is 0 Å². The van der Waals surface area contributed by atoms with Crippen LogP contribution in [-0.4, -0.2) is 19.6 Å². The van der Waals surface area contributed by atoms with Crippen molar-refractivity contribution >= 4 is 23.7 Å². The van der Waals surface area contributed by atoms with E-state index in [0.29, 0.717) is 0 Å². The van der Waals surface area contributed by atoms with Gasteiger partial charge in [-0.2, -0.15) is 0 Å². The number of para-hydroxylation sites is 1. The summed E-state index contributed by atoms with van der Waals surface area (Å²) in [5.41, 5.74) is 3.71. The second-order valence-electron chi connectivity index (χ2n) is 5.13. The molecule has 112 valence electrons. The molecule has 0 unspecified atom stereocenters. The van der Waals surface area contributed by atoms with Crippen molar-refractivity contribution in [3.05, 3.63) is 53.1 Å². The Labute approximate surface area is 129 Å². The third-order valence-corrected chi connectivity index (χ3v) is 3.51. The Kier molecular flexibility index (Phi) is 3.83. The number of hydrogen-bond donors (Lipinski definition) is 1. The van der Waals surface area contributed by atoms with Crippen molar-refractivity contribution in [2.45, 2.75) is 6.92 Å². The molecule has 2 aromatic rings. The molecule has 1 heterocycles. The molecule has 0 aliphatic carbocycles. The summed E-state index contributed by atoms with van der Waals surface area (Å²) < 4.78 is 10.8. The number of fused-ring (bicyclic) bond motifs is 1. The zero-order valence-corrected chi connectivity index (χ0v) is 12.6. The molecule has 0 atom stereocenters. The third-order valence-electron chi connectivity index (χ3n) is 3.51. The normalized spacial score (nSPS) is 13.5. The Hall–Kier alpha value is -2.75. The molecule has 0 aromatic heterocycles. The molecular weight excluding hydrogens is 278 g/mol. The maximum Gasteiger partial charge on any atom is 0.262 e. The summed E-state index contributed by atoms with van der Waals surface area (Å²) in [5.74, 6) is 1.44. The minimum absolute atomic E-state index is 0.0737. The number of anilines is 1. The zero-order chi connectivity index (χ0) is 15.5. The van der Waals surface area contributed by atoms with Crippen molar-refractivity contribution < 1.29 is 14.3 Å². The quantitative estimate of drug-likeness (QED) is 0.882. The molecule has 1 N–H and O–H groups in total. The SMILES string of the molecule is COc1ccccc1/C=C/c1cc(C)c2c(c1)NC(=O)CO2. The molecule has 0 bridgehead atoms. The lowest BCUT2D eigenvalue weighted by atomic mass is 10.1. The molecule has 0 saturated carbocycles. The van der Waals surface area contributed by atoms with Crippen LogP contribution in [0.4, 0.5) is 5.69 Å². The average Bonchev–Trinajstić information content (AvgIpc) is 2.52. The molecular formula is C18H17NO3. The third kappa shape index (κ3) is 2.81. The molecule has 0 saturated heterocycles. The van der Waals surface area contributed by atoms with Gasteiger partial charge in [0.15, 0.2) is 6.61 Å². The number of ether oxygens (including phenoxy) is 2. The fourth-order valence-electron chi connectivity index (χ4n) is 2.50. The number of nitrogens with one attached hydrogen (secondary N) is 1. The number of methoxy groups -OCH3 is 1. The maximum absolute atomic E-state index is 11.4. The Morgan fingerprint density at radius 3 is 2.86 bits per heavy atom. The highest BCUT2D eigenvalue weighted by Crippen LogP contribution is 2.33. The van der Waals surface area contributed by atoms with Crippen molar-refractivity contribution in [3.63, 3.8) is 0 Å². The van der Waals surface area contributed by atoms with Gasteiger partial charge in [0, 0.05) is 5.56 Å². The van der Waals surface area contributed by atoms with Crippen molar-refractivity contribution in [1.82, 2.24) is 0 Å². The van der Waals surface area contributed by atoms with Gasteiger partial charge in [0.05, 0.1) is 12.8 Å². The fraction of sp³-hybridized carbons (Fsp3) is 0.167. The second kappa shape index (κ2) is 5.93. The van der Waals surface area contributed by atoms with Crippen LogP contribution in [-0.2, 0) is 4.79 Å². The van der Waals surface area contributed by atoms with Gasteiger partial charge in [0.2, 0.25) is 0 Å². The summed E-state index contributed by atoms with van der Waals surface area (Å²) >= 11 is 0. The highest BCUT2D eigenvalue weighted by atomic mass is 16.5. The first-order valence-corrected chi connectivity index (χ1v) is 7.06. The molecule has 3 rings (SSSR count). The Bertz CT molecular complexity index is 750. The Morgan fingerprint density at radius 1 is 1.23 bits per heavy atom. The van der Waals surface area contributed by atoms with Crippen molar-refractivity contribution in [2.24, 2.45) is 0 Å². The molecule has 22 heavy (non-hydrogen) atoms. The van der Waals surface area contributed by atoms with E-state index >= 15 is 0 Å². The van der Waals surface area contributed by atoms with Crippen LogP contribution < -0.4 is 14.8 Å². The van der Waals surface area contributed by atoms with Gasteiger partial charge in [-0.3, -0.25) is 4.79 Å². The minimum Gasteiger partial charge on any atom is -0.496 e. The van der Waals surface area contributed by atoms with E-state index in [0.717, 1.165) is 33.9 Å². The van der Waals surface area contributed by atoms with Gasteiger partial charge >= 0.3 is 0 Å². The topological polar surface area (TPSA) is 47.6 Å². The van der Waals surface area contributed by atoms with Crippen LogP contribution in [0.3, 0.4) is 0 Å². The number of carbonyl (C=O) groups excluding carboxylic acids is 1.